The van der Waals surface area contributed by atoms with E-state index < -0.39 is 0 Å². The predicted octanol–water partition coefficient (Wildman–Crippen LogP) is 2.64. The molecule has 2 aliphatic rings. The summed E-state index contributed by atoms with van der Waals surface area (Å²) in [5.74, 6) is 0.477. The molecule has 0 aromatic carbocycles. The average Bonchev–Trinajstić information content (AvgIpc) is 3.20. The standard InChI is InChI=1S/C18H23N3O3S/c22-17(14-9-15(24-20-14)16-5-4-8-25-16)19-6-2-1-3-7-21-10-18(11-21)12-23-13-18/h4-5,8-9H,1-3,6-7,10-13H2,(H,19,22). The number of carbonyl (C=O) groups is 1. The summed E-state index contributed by atoms with van der Waals surface area (Å²) in [7, 11) is 0. The second-order valence-corrected chi connectivity index (χ2v) is 8.02. The maximum Gasteiger partial charge on any atom is 0.273 e. The molecule has 4 rings (SSSR count). The minimum Gasteiger partial charge on any atom is -0.380 e. The zero-order valence-corrected chi connectivity index (χ0v) is 15.0. The normalized spacial score (nSPS) is 18.7. The molecule has 2 aliphatic heterocycles. The van der Waals surface area contributed by atoms with Crippen molar-refractivity contribution in [1.82, 2.24) is 15.4 Å². The van der Waals surface area contributed by atoms with Crippen molar-refractivity contribution in [3.8, 4) is 10.6 Å². The highest BCUT2D eigenvalue weighted by Crippen LogP contribution is 2.37. The molecule has 2 aromatic heterocycles. The van der Waals surface area contributed by atoms with E-state index in [9.17, 15) is 4.79 Å². The van der Waals surface area contributed by atoms with Crippen LogP contribution in [-0.2, 0) is 4.74 Å². The highest BCUT2D eigenvalue weighted by molar-refractivity contribution is 7.13. The summed E-state index contributed by atoms with van der Waals surface area (Å²) in [5.41, 5.74) is 0.852. The Bertz CT molecular complexity index is 701. The van der Waals surface area contributed by atoms with E-state index in [2.05, 4.69) is 15.4 Å². The van der Waals surface area contributed by atoms with Crippen molar-refractivity contribution in [2.24, 2.45) is 5.41 Å². The Labute approximate surface area is 151 Å². The van der Waals surface area contributed by atoms with Gasteiger partial charge >= 0.3 is 0 Å². The first-order valence-electron chi connectivity index (χ1n) is 8.83. The van der Waals surface area contributed by atoms with E-state index in [1.807, 2.05) is 17.5 Å². The van der Waals surface area contributed by atoms with Crippen LogP contribution in [0.15, 0.2) is 28.1 Å². The molecule has 0 unspecified atom stereocenters. The van der Waals surface area contributed by atoms with Crippen LogP contribution in [-0.4, -0.2) is 55.4 Å². The molecule has 7 heteroatoms. The Balaban J connectivity index is 1.09. The number of thiophene rings is 1. The van der Waals surface area contributed by atoms with Gasteiger partial charge in [-0.25, -0.2) is 0 Å². The van der Waals surface area contributed by atoms with Gasteiger partial charge < -0.3 is 19.5 Å². The first-order valence-corrected chi connectivity index (χ1v) is 9.71. The molecule has 6 nitrogen and oxygen atoms in total. The van der Waals surface area contributed by atoms with Gasteiger partial charge in [0.25, 0.3) is 5.91 Å². The molecular formula is C18H23N3O3S. The molecular weight excluding hydrogens is 338 g/mol. The summed E-state index contributed by atoms with van der Waals surface area (Å²) < 4.78 is 10.5. The third-order valence-electron chi connectivity index (χ3n) is 4.88. The molecule has 1 spiro atoms. The lowest BCUT2D eigenvalue weighted by Crippen LogP contribution is -2.65. The number of hydrogen-bond acceptors (Lipinski definition) is 6. The molecule has 2 aromatic rings. The van der Waals surface area contributed by atoms with Gasteiger partial charge in [-0.05, 0) is 30.8 Å². The van der Waals surface area contributed by atoms with E-state index in [0.29, 0.717) is 23.4 Å². The molecule has 0 atom stereocenters. The number of amides is 1. The van der Waals surface area contributed by atoms with Gasteiger partial charge in [0, 0.05) is 31.1 Å². The molecule has 25 heavy (non-hydrogen) atoms. The van der Waals surface area contributed by atoms with Crippen LogP contribution in [0.2, 0.25) is 0 Å². The van der Waals surface area contributed by atoms with Gasteiger partial charge in [0.15, 0.2) is 11.5 Å². The summed E-state index contributed by atoms with van der Waals surface area (Å²) in [6.45, 7) is 6.13. The molecule has 2 saturated heterocycles. The summed E-state index contributed by atoms with van der Waals surface area (Å²) in [6, 6.07) is 5.60. The van der Waals surface area contributed by atoms with E-state index in [0.717, 1.165) is 37.5 Å². The van der Waals surface area contributed by atoms with E-state index in [1.165, 1.54) is 19.5 Å². The average molecular weight is 361 g/mol. The summed E-state index contributed by atoms with van der Waals surface area (Å²) in [6.07, 6.45) is 3.29. The lowest BCUT2D eigenvalue weighted by molar-refractivity contribution is -0.188. The van der Waals surface area contributed by atoms with Gasteiger partial charge in [-0.3, -0.25) is 4.79 Å². The van der Waals surface area contributed by atoms with Crippen molar-refractivity contribution in [3.05, 3.63) is 29.3 Å². The third-order valence-corrected chi connectivity index (χ3v) is 5.76. The highest BCUT2D eigenvalue weighted by Gasteiger charge is 2.48. The predicted molar refractivity (Wildman–Crippen MR) is 95.7 cm³/mol. The Morgan fingerprint density at radius 3 is 2.92 bits per heavy atom. The number of ether oxygens (including phenoxy) is 1. The first kappa shape index (κ1) is 16.8. The van der Waals surface area contributed by atoms with Gasteiger partial charge in [0.1, 0.15) is 0 Å². The van der Waals surface area contributed by atoms with Crippen molar-refractivity contribution in [3.63, 3.8) is 0 Å². The lowest BCUT2D eigenvalue weighted by atomic mass is 9.78. The highest BCUT2D eigenvalue weighted by atomic mass is 32.1. The quantitative estimate of drug-likeness (QED) is 0.732. The first-order chi connectivity index (χ1) is 12.2. The largest absolute Gasteiger partial charge is 0.380 e. The fourth-order valence-corrected chi connectivity index (χ4v) is 4.15. The number of nitrogens with one attached hydrogen (secondary N) is 1. The second-order valence-electron chi connectivity index (χ2n) is 7.07. The zero-order valence-electron chi connectivity index (χ0n) is 14.2. The Kier molecular flexibility index (Phi) is 4.87. The van der Waals surface area contributed by atoms with Crippen LogP contribution < -0.4 is 5.32 Å². The molecule has 1 amide bonds. The van der Waals surface area contributed by atoms with Crippen LogP contribution in [0.25, 0.3) is 10.6 Å². The van der Waals surface area contributed by atoms with Crippen LogP contribution in [0.4, 0.5) is 0 Å². The van der Waals surface area contributed by atoms with Crippen molar-refractivity contribution in [1.29, 1.82) is 0 Å². The maximum atomic E-state index is 12.1. The Morgan fingerprint density at radius 2 is 2.20 bits per heavy atom. The summed E-state index contributed by atoms with van der Waals surface area (Å²) >= 11 is 1.57. The Morgan fingerprint density at radius 1 is 1.32 bits per heavy atom. The number of carbonyl (C=O) groups excluding carboxylic acids is 1. The minimum absolute atomic E-state index is 0.166. The Hall–Kier alpha value is -1.70. The number of aromatic nitrogens is 1. The van der Waals surface area contributed by atoms with Crippen LogP contribution in [0.5, 0.6) is 0 Å². The molecule has 0 radical (unpaired) electrons. The lowest BCUT2D eigenvalue weighted by Gasteiger charge is -2.55. The van der Waals surface area contributed by atoms with E-state index in [1.54, 1.807) is 17.4 Å². The summed E-state index contributed by atoms with van der Waals surface area (Å²) in [4.78, 5) is 15.6. The van der Waals surface area contributed by atoms with Crippen molar-refractivity contribution in [2.75, 3.05) is 39.4 Å². The molecule has 0 saturated carbocycles. The van der Waals surface area contributed by atoms with Gasteiger partial charge in [-0.2, -0.15) is 0 Å². The van der Waals surface area contributed by atoms with Crippen molar-refractivity contribution in [2.45, 2.75) is 19.3 Å². The fraction of sp³-hybridized carbons (Fsp3) is 0.556. The SMILES string of the molecule is O=C(NCCCCCN1CC2(COC2)C1)c1cc(-c2cccs2)on1. The zero-order chi connectivity index (χ0) is 17.1. The van der Waals surface area contributed by atoms with E-state index >= 15 is 0 Å². The minimum atomic E-state index is -0.166. The van der Waals surface area contributed by atoms with Crippen LogP contribution in [0, 0.1) is 5.41 Å². The summed E-state index contributed by atoms with van der Waals surface area (Å²) in [5, 5.41) is 8.75. The number of hydrogen-bond donors (Lipinski definition) is 1. The van der Waals surface area contributed by atoms with Crippen molar-refractivity contribution < 1.29 is 14.1 Å². The number of rotatable bonds is 8. The molecule has 2 fully saturated rings. The molecule has 1 N–H and O–H groups in total. The maximum absolute atomic E-state index is 12.1. The van der Waals surface area contributed by atoms with Crippen LogP contribution in [0.3, 0.4) is 0 Å². The van der Waals surface area contributed by atoms with Gasteiger partial charge in [0.2, 0.25) is 0 Å². The fourth-order valence-electron chi connectivity index (χ4n) is 3.48. The number of unbranched alkanes of at least 4 members (excludes halogenated alkanes) is 2. The molecule has 0 bridgehead atoms. The van der Waals surface area contributed by atoms with E-state index in [4.69, 9.17) is 9.26 Å². The molecule has 0 aliphatic carbocycles. The third kappa shape index (κ3) is 3.78. The molecule has 134 valence electrons. The second kappa shape index (κ2) is 7.27. The topological polar surface area (TPSA) is 67.6 Å². The van der Waals surface area contributed by atoms with Crippen molar-refractivity contribution >= 4 is 17.2 Å². The van der Waals surface area contributed by atoms with E-state index in [-0.39, 0.29) is 5.91 Å². The monoisotopic (exact) mass is 361 g/mol. The van der Waals surface area contributed by atoms with Gasteiger partial charge in [0.05, 0.1) is 18.1 Å². The van der Waals surface area contributed by atoms with Gasteiger partial charge in [-0.15, -0.1) is 11.3 Å². The smallest absolute Gasteiger partial charge is 0.273 e. The van der Waals surface area contributed by atoms with Crippen LogP contribution in [0.1, 0.15) is 29.8 Å². The van der Waals surface area contributed by atoms with Crippen LogP contribution >= 0.6 is 11.3 Å². The number of nitrogens with zero attached hydrogens (tertiary/aromatic N) is 2. The van der Waals surface area contributed by atoms with Gasteiger partial charge in [-0.1, -0.05) is 17.6 Å². The number of likely N-dealkylation sites (tertiary alicyclic amines) is 1. The molecule has 4 heterocycles.